The van der Waals surface area contributed by atoms with Gasteiger partial charge in [-0.15, -0.1) is 11.3 Å². The lowest BCUT2D eigenvalue weighted by atomic mass is 10.1. The molecule has 0 saturated carbocycles. The lowest BCUT2D eigenvalue weighted by Gasteiger charge is -2.08. The molecule has 5 nitrogen and oxygen atoms in total. The molecule has 0 aliphatic rings. The highest BCUT2D eigenvalue weighted by Gasteiger charge is 2.14. The Bertz CT molecular complexity index is 740. The number of aryl methyl sites for hydroxylation is 1. The van der Waals surface area contributed by atoms with Crippen LogP contribution in [0.3, 0.4) is 0 Å². The number of benzene rings is 1. The van der Waals surface area contributed by atoms with Gasteiger partial charge in [-0.05, 0) is 35.9 Å². The van der Waals surface area contributed by atoms with E-state index in [0.29, 0.717) is 6.54 Å². The lowest BCUT2D eigenvalue weighted by molar-refractivity contribution is -0.120. The summed E-state index contributed by atoms with van der Waals surface area (Å²) in [6.07, 6.45) is 0.887. The first-order chi connectivity index (χ1) is 11.0. The third-order valence-electron chi connectivity index (χ3n) is 3.38. The molecule has 1 aromatic heterocycles. The van der Waals surface area contributed by atoms with Gasteiger partial charge in [0.1, 0.15) is 4.21 Å². The summed E-state index contributed by atoms with van der Waals surface area (Å²) in [5, 5.41) is 4.51. The number of amides is 1. The molecule has 0 atom stereocenters. The molecule has 1 aromatic carbocycles. The van der Waals surface area contributed by atoms with Crippen molar-refractivity contribution in [1.29, 1.82) is 0 Å². The van der Waals surface area contributed by atoms with Crippen LogP contribution in [0.15, 0.2) is 46.0 Å². The molecule has 0 saturated heterocycles. The molecule has 2 rings (SSSR count). The third kappa shape index (κ3) is 5.46. The molecule has 0 spiro atoms. The lowest BCUT2D eigenvalue weighted by Crippen LogP contribution is -2.31. The molecule has 1 amide bonds. The van der Waals surface area contributed by atoms with Gasteiger partial charge >= 0.3 is 0 Å². The van der Waals surface area contributed by atoms with Gasteiger partial charge in [-0.3, -0.25) is 4.79 Å². The zero-order valence-electron chi connectivity index (χ0n) is 12.9. The molecule has 0 aliphatic carbocycles. The SMILES string of the molecule is Cc1ccccc1CCNC(=O)CCNS(=O)(=O)c1cccs1. The second-order valence-corrected chi connectivity index (χ2v) is 8.05. The quantitative estimate of drug-likeness (QED) is 0.764. The van der Waals surface area contributed by atoms with E-state index in [9.17, 15) is 13.2 Å². The third-order valence-corrected chi connectivity index (χ3v) is 6.24. The van der Waals surface area contributed by atoms with Crippen LogP contribution in [0.5, 0.6) is 0 Å². The maximum Gasteiger partial charge on any atom is 0.250 e. The summed E-state index contributed by atoms with van der Waals surface area (Å²) in [4.78, 5) is 11.7. The fraction of sp³-hybridized carbons (Fsp3) is 0.312. The van der Waals surface area contributed by atoms with E-state index in [-0.39, 0.29) is 23.1 Å². The first-order valence-electron chi connectivity index (χ1n) is 7.33. The zero-order valence-corrected chi connectivity index (χ0v) is 14.5. The van der Waals surface area contributed by atoms with Crippen molar-refractivity contribution in [2.75, 3.05) is 13.1 Å². The Balaban J connectivity index is 1.69. The van der Waals surface area contributed by atoms with Gasteiger partial charge < -0.3 is 5.32 Å². The standard InChI is InChI=1S/C16H20N2O3S2/c1-13-5-2-3-6-14(13)8-10-17-15(19)9-11-18-23(20,21)16-7-4-12-22-16/h2-7,12,18H,8-11H2,1H3,(H,17,19). The highest BCUT2D eigenvalue weighted by Crippen LogP contribution is 2.14. The predicted octanol–water partition coefficient (Wildman–Crippen LogP) is 2.08. The number of thiophene rings is 1. The van der Waals surface area contributed by atoms with Crippen molar-refractivity contribution in [3.63, 3.8) is 0 Å². The van der Waals surface area contributed by atoms with Gasteiger partial charge in [-0.1, -0.05) is 30.3 Å². The highest BCUT2D eigenvalue weighted by molar-refractivity contribution is 7.91. The van der Waals surface area contributed by atoms with Crippen molar-refractivity contribution < 1.29 is 13.2 Å². The second-order valence-electron chi connectivity index (χ2n) is 5.11. The largest absolute Gasteiger partial charge is 0.356 e. The minimum absolute atomic E-state index is 0.0937. The van der Waals surface area contributed by atoms with Gasteiger partial charge in [0.25, 0.3) is 0 Å². The summed E-state index contributed by atoms with van der Waals surface area (Å²) in [7, 11) is -3.49. The smallest absolute Gasteiger partial charge is 0.250 e. The Kier molecular flexibility index (Phi) is 6.32. The van der Waals surface area contributed by atoms with E-state index in [2.05, 4.69) is 10.0 Å². The normalized spacial score (nSPS) is 11.3. The van der Waals surface area contributed by atoms with Gasteiger partial charge in [0.2, 0.25) is 15.9 Å². The summed E-state index contributed by atoms with van der Waals surface area (Å²) in [5.74, 6) is -0.160. The summed E-state index contributed by atoms with van der Waals surface area (Å²) < 4.78 is 26.5. The maximum atomic E-state index is 11.9. The molecule has 0 fully saturated rings. The molecule has 1 heterocycles. The average molecular weight is 352 g/mol. The van der Waals surface area contributed by atoms with E-state index in [0.717, 1.165) is 17.8 Å². The Morgan fingerprint density at radius 2 is 1.91 bits per heavy atom. The molecule has 2 N–H and O–H groups in total. The van der Waals surface area contributed by atoms with E-state index < -0.39 is 10.0 Å². The van der Waals surface area contributed by atoms with Crippen molar-refractivity contribution >= 4 is 27.3 Å². The number of hydrogen-bond acceptors (Lipinski definition) is 4. The predicted molar refractivity (Wildman–Crippen MR) is 92.0 cm³/mol. The molecule has 23 heavy (non-hydrogen) atoms. The highest BCUT2D eigenvalue weighted by atomic mass is 32.2. The van der Waals surface area contributed by atoms with Gasteiger partial charge in [0, 0.05) is 19.5 Å². The summed E-state index contributed by atoms with van der Waals surface area (Å²) >= 11 is 1.15. The Hall–Kier alpha value is -1.70. The summed E-state index contributed by atoms with van der Waals surface area (Å²) in [5.41, 5.74) is 2.40. The molecule has 0 bridgehead atoms. The van der Waals surface area contributed by atoms with Gasteiger partial charge in [-0.25, -0.2) is 13.1 Å². The van der Waals surface area contributed by atoms with Gasteiger partial charge in [0.05, 0.1) is 0 Å². The molecule has 0 aliphatic heterocycles. The number of hydrogen-bond donors (Lipinski definition) is 2. The van der Waals surface area contributed by atoms with E-state index >= 15 is 0 Å². The number of sulfonamides is 1. The molecular weight excluding hydrogens is 332 g/mol. The maximum absolute atomic E-state index is 11.9. The van der Waals surface area contributed by atoms with E-state index in [1.807, 2.05) is 31.2 Å². The molecule has 2 aromatic rings. The molecular formula is C16H20N2O3S2. The number of nitrogens with one attached hydrogen (secondary N) is 2. The minimum atomic E-state index is -3.49. The number of rotatable bonds is 8. The number of carbonyl (C=O) groups is 1. The van der Waals surface area contributed by atoms with Crippen LogP contribution >= 0.6 is 11.3 Å². The second kappa shape index (κ2) is 8.24. The Morgan fingerprint density at radius 3 is 2.61 bits per heavy atom. The summed E-state index contributed by atoms with van der Waals surface area (Å²) in [6, 6.07) is 11.3. The van der Waals surface area contributed by atoms with E-state index in [1.54, 1.807) is 11.4 Å². The topological polar surface area (TPSA) is 75.3 Å². The number of carbonyl (C=O) groups excluding carboxylic acids is 1. The van der Waals surface area contributed by atoms with Gasteiger partial charge in [-0.2, -0.15) is 0 Å². The fourth-order valence-corrected chi connectivity index (χ4v) is 4.17. The van der Waals surface area contributed by atoms with Gasteiger partial charge in [0.15, 0.2) is 0 Å². The zero-order chi connectivity index (χ0) is 16.7. The average Bonchev–Trinajstić information content (AvgIpc) is 3.04. The van der Waals surface area contributed by atoms with Crippen LogP contribution < -0.4 is 10.0 Å². The first kappa shape index (κ1) is 17.7. The molecule has 7 heteroatoms. The van der Waals surface area contributed by atoms with Crippen LogP contribution in [0, 0.1) is 6.92 Å². The van der Waals surface area contributed by atoms with Crippen molar-refractivity contribution in [1.82, 2.24) is 10.0 Å². The van der Waals surface area contributed by atoms with Crippen LogP contribution in [-0.2, 0) is 21.2 Å². The van der Waals surface area contributed by atoms with Crippen LogP contribution in [0.2, 0.25) is 0 Å². The first-order valence-corrected chi connectivity index (χ1v) is 9.70. The Morgan fingerprint density at radius 1 is 1.13 bits per heavy atom. The molecule has 0 unspecified atom stereocenters. The van der Waals surface area contributed by atoms with E-state index in [1.165, 1.54) is 17.2 Å². The van der Waals surface area contributed by atoms with E-state index in [4.69, 9.17) is 0 Å². The van der Waals surface area contributed by atoms with Crippen molar-refractivity contribution in [2.24, 2.45) is 0 Å². The van der Waals surface area contributed by atoms with Crippen molar-refractivity contribution in [3.05, 3.63) is 52.9 Å². The minimum Gasteiger partial charge on any atom is -0.356 e. The van der Waals surface area contributed by atoms with Crippen molar-refractivity contribution in [3.8, 4) is 0 Å². The van der Waals surface area contributed by atoms with Crippen LogP contribution in [0.1, 0.15) is 17.5 Å². The Labute approximate surface area is 140 Å². The fourth-order valence-electron chi connectivity index (χ4n) is 2.10. The summed E-state index contributed by atoms with van der Waals surface area (Å²) in [6.45, 7) is 2.67. The molecule has 124 valence electrons. The van der Waals surface area contributed by atoms with Crippen LogP contribution in [-0.4, -0.2) is 27.4 Å². The van der Waals surface area contributed by atoms with Crippen LogP contribution in [0.25, 0.3) is 0 Å². The molecule has 0 radical (unpaired) electrons. The monoisotopic (exact) mass is 352 g/mol. The van der Waals surface area contributed by atoms with Crippen molar-refractivity contribution in [2.45, 2.75) is 24.0 Å². The van der Waals surface area contributed by atoms with Crippen LogP contribution in [0.4, 0.5) is 0 Å².